The van der Waals surface area contributed by atoms with Gasteiger partial charge in [-0.05, 0) is 24.6 Å². The number of rotatable bonds is 6. The summed E-state index contributed by atoms with van der Waals surface area (Å²) < 4.78 is 10.8. The molecule has 0 atom stereocenters. The topological polar surface area (TPSA) is 77.1 Å². The number of nitrogens with zero attached hydrogens (tertiary/aromatic N) is 2. The Morgan fingerprint density at radius 2 is 1.92 bits per heavy atom. The van der Waals surface area contributed by atoms with Crippen molar-refractivity contribution in [2.45, 2.75) is 13.5 Å². The van der Waals surface area contributed by atoms with Crippen molar-refractivity contribution in [2.75, 3.05) is 6.61 Å². The Morgan fingerprint density at radius 1 is 1.08 bits per heavy atom. The molecule has 1 aromatic heterocycles. The molecule has 0 radical (unpaired) electrons. The maximum atomic E-state index is 11.9. The Morgan fingerprint density at radius 3 is 2.71 bits per heavy atom. The van der Waals surface area contributed by atoms with E-state index in [1.165, 1.54) is 0 Å². The largest absolute Gasteiger partial charge is 0.489 e. The Hall–Kier alpha value is -3.15. The van der Waals surface area contributed by atoms with Gasteiger partial charge in [0.05, 0.1) is 6.61 Å². The number of carbonyl (C=O) groups excluding carboxylic acids is 1. The monoisotopic (exact) mass is 323 g/mol. The van der Waals surface area contributed by atoms with E-state index in [0.717, 1.165) is 11.1 Å². The van der Waals surface area contributed by atoms with Crippen molar-refractivity contribution < 1.29 is 14.3 Å². The first kappa shape index (κ1) is 15.7. The molecule has 6 nitrogen and oxygen atoms in total. The lowest BCUT2D eigenvalue weighted by atomic mass is 10.1. The number of ether oxygens (including phenoxy) is 2. The van der Waals surface area contributed by atoms with Gasteiger partial charge >= 0.3 is 5.97 Å². The van der Waals surface area contributed by atoms with Gasteiger partial charge in [-0.1, -0.05) is 42.5 Å². The molecular weight excluding hydrogens is 306 g/mol. The summed E-state index contributed by atoms with van der Waals surface area (Å²) in [6.45, 7) is 2.49. The molecule has 0 saturated heterocycles. The van der Waals surface area contributed by atoms with Gasteiger partial charge < -0.3 is 9.47 Å². The summed E-state index contributed by atoms with van der Waals surface area (Å²) in [5.74, 6) is 0.186. The van der Waals surface area contributed by atoms with Gasteiger partial charge in [0.15, 0.2) is 5.69 Å². The first-order valence-corrected chi connectivity index (χ1v) is 7.63. The van der Waals surface area contributed by atoms with Gasteiger partial charge in [0, 0.05) is 5.56 Å². The molecule has 2 aromatic carbocycles. The normalized spacial score (nSPS) is 10.4. The maximum Gasteiger partial charge on any atom is 0.361 e. The molecule has 0 amide bonds. The number of hydrogen-bond acceptors (Lipinski definition) is 5. The molecular formula is C18H17N3O3. The average molecular weight is 323 g/mol. The number of benzene rings is 2. The summed E-state index contributed by atoms with van der Waals surface area (Å²) in [6.07, 6.45) is 0. The first-order chi connectivity index (χ1) is 11.8. The molecule has 0 unspecified atom stereocenters. The van der Waals surface area contributed by atoms with Crippen LogP contribution in [0.4, 0.5) is 0 Å². The molecule has 6 heteroatoms. The number of esters is 1. The van der Waals surface area contributed by atoms with Crippen LogP contribution in [0.2, 0.25) is 0 Å². The molecule has 3 aromatic rings. The quantitative estimate of drug-likeness (QED) is 0.705. The predicted molar refractivity (Wildman–Crippen MR) is 88.5 cm³/mol. The van der Waals surface area contributed by atoms with Crippen LogP contribution in [-0.4, -0.2) is 28.0 Å². The molecule has 0 aliphatic rings. The van der Waals surface area contributed by atoms with Gasteiger partial charge in [0.2, 0.25) is 0 Å². The molecule has 122 valence electrons. The van der Waals surface area contributed by atoms with Gasteiger partial charge in [-0.3, -0.25) is 0 Å². The molecule has 24 heavy (non-hydrogen) atoms. The summed E-state index contributed by atoms with van der Waals surface area (Å²) in [4.78, 5) is 11.9. The van der Waals surface area contributed by atoms with Gasteiger partial charge in [-0.2, -0.15) is 10.3 Å². The highest BCUT2D eigenvalue weighted by Gasteiger charge is 2.19. The molecule has 0 spiro atoms. The average Bonchev–Trinajstić information content (AvgIpc) is 3.11. The number of H-pyrrole nitrogens is 1. The minimum atomic E-state index is -0.503. The summed E-state index contributed by atoms with van der Waals surface area (Å²) >= 11 is 0. The SMILES string of the molecule is CCOC(=O)c1n[nH]nc1-c1cccc(OCc2ccccc2)c1. The third-order valence-electron chi connectivity index (χ3n) is 3.37. The van der Waals surface area contributed by atoms with E-state index in [2.05, 4.69) is 15.4 Å². The summed E-state index contributed by atoms with van der Waals surface area (Å²) in [5.41, 5.74) is 2.42. The fraction of sp³-hybridized carbons (Fsp3) is 0.167. The van der Waals surface area contributed by atoms with Gasteiger partial charge in [-0.25, -0.2) is 4.79 Å². The van der Waals surface area contributed by atoms with Crippen molar-refractivity contribution in [1.29, 1.82) is 0 Å². The minimum absolute atomic E-state index is 0.164. The lowest BCUT2D eigenvalue weighted by Gasteiger charge is -2.08. The highest BCUT2D eigenvalue weighted by atomic mass is 16.5. The maximum absolute atomic E-state index is 11.9. The number of nitrogens with one attached hydrogen (secondary N) is 1. The molecule has 0 saturated carbocycles. The van der Waals surface area contributed by atoms with E-state index in [1.807, 2.05) is 54.6 Å². The predicted octanol–water partition coefficient (Wildman–Crippen LogP) is 3.23. The lowest BCUT2D eigenvalue weighted by Crippen LogP contribution is -2.06. The van der Waals surface area contributed by atoms with Crippen LogP contribution in [0.15, 0.2) is 54.6 Å². The third kappa shape index (κ3) is 3.60. The fourth-order valence-electron chi connectivity index (χ4n) is 2.25. The zero-order valence-electron chi connectivity index (χ0n) is 13.2. The highest BCUT2D eigenvalue weighted by Crippen LogP contribution is 2.25. The van der Waals surface area contributed by atoms with E-state index in [4.69, 9.17) is 9.47 Å². The van der Waals surface area contributed by atoms with Crippen LogP contribution in [0.5, 0.6) is 5.75 Å². The molecule has 0 aliphatic carbocycles. The van der Waals surface area contributed by atoms with E-state index in [-0.39, 0.29) is 12.3 Å². The standard InChI is InChI=1S/C18H17N3O3/c1-2-23-18(22)17-16(19-21-20-17)14-9-6-10-15(11-14)24-12-13-7-4-3-5-8-13/h3-11H,2,12H2,1H3,(H,19,20,21). The van der Waals surface area contributed by atoms with Crippen LogP contribution in [0.25, 0.3) is 11.3 Å². The van der Waals surface area contributed by atoms with Gasteiger partial charge in [0.1, 0.15) is 18.1 Å². The van der Waals surface area contributed by atoms with Crippen LogP contribution < -0.4 is 4.74 Å². The van der Waals surface area contributed by atoms with Crippen molar-refractivity contribution in [3.8, 4) is 17.0 Å². The van der Waals surface area contributed by atoms with Crippen LogP contribution in [0.1, 0.15) is 23.0 Å². The van der Waals surface area contributed by atoms with Crippen molar-refractivity contribution in [1.82, 2.24) is 15.4 Å². The van der Waals surface area contributed by atoms with Crippen LogP contribution >= 0.6 is 0 Å². The van der Waals surface area contributed by atoms with E-state index in [9.17, 15) is 4.79 Å². The van der Waals surface area contributed by atoms with E-state index in [0.29, 0.717) is 18.1 Å². The van der Waals surface area contributed by atoms with Crippen LogP contribution in [0.3, 0.4) is 0 Å². The molecule has 0 fully saturated rings. The lowest BCUT2D eigenvalue weighted by molar-refractivity contribution is 0.0520. The van der Waals surface area contributed by atoms with Crippen molar-refractivity contribution in [2.24, 2.45) is 0 Å². The van der Waals surface area contributed by atoms with Crippen molar-refractivity contribution in [3.63, 3.8) is 0 Å². The van der Waals surface area contributed by atoms with E-state index >= 15 is 0 Å². The zero-order chi connectivity index (χ0) is 16.8. The Kier molecular flexibility index (Phi) is 4.86. The second-order valence-electron chi connectivity index (χ2n) is 5.04. The number of aromatic amines is 1. The number of hydrogen-bond donors (Lipinski definition) is 1. The fourth-order valence-corrected chi connectivity index (χ4v) is 2.25. The highest BCUT2D eigenvalue weighted by molar-refractivity contribution is 5.93. The van der Waals surface area contributed by atoms with Crippen molar-refractivity contribution in [3.05, 3.63) is 65.9 Å². The Bertz CT molecular complexity index is 815. The molecule has 1 N–H and O–H groups in total. The van der Waals surface area contributed by atoms with E-state index in [1.54, 1.807) is 6.92 Å². The summed E-state index contributed by atoms with van der Waals surface area (Å²) in [6, 6.07) is 17.3. The molecule has 1 heterocycles. The zero-order valence-corrected chi connectivity index (χ0v) is 13.2. The number of carbonyl (C=O) groups is 1. The Balaban J connectivity index is 1.79. The summed E-state index contributed by atoms with van der Waals surface area (Å²) in [5, 5.41) is 10.4. The molecule has 3 rings (SSSR count). The van der Waals surface area contributed by atoms with Crippen LogP contribution in [-0.2, 0) is 11.3 Å². The van der Waals surface area contributed by atoms with Crippen LogP contribution in [0, 0.1) is 0 Å². The smallest absolute Gasteiger partial charge is 0.361 e. The second-order valence-corrected chi connectivity index (χ2v) is 5.04. The van der Waals surface area contributed by atoms with Crippen molar-refractivity contribution >= 4 is 5.97 Å². The summed E-state index contributed by atoms with van der Waals surface area (Å²) in [7, 11) is 0. The van der Waals surface area contributed by atoms with Gasteiger partial charge in [-0.15, -0.1) is 5.10 Å². The molecule has 0 bridgehead atoms. The first-order valence-electron chi connectivity index (χ1n) is 7.63. The Labute approximate surface area is 139 Å². The number of aromatic nitrogens is 3. The minimum Gasteiger partial charge on any atom is -0.489 e. The van der Waals surface area contributed by atoms with Gasteiger partial charge in [0.25, 0.3) is 0 Å². The third-order valence-corrected chi connectivity index (χ3v) is 3.37. The molecule has 0 aliphatic heterocycles. The van der Waals surface area contributed by atoms with E-state index < -0.39 is 5.97 Å². The second kappa shape index (κ2) is 7.41.